The van der Waals surface area contributed by atoms with Crippen molar-refractivity contribution in [1.29, 1.82) is 0 Å². The van der Waals surface area contributed by atoms with E-state index in [0.717, 1.165) is 46.6 Å². The second-order valence-electron chi connectivity index (χ2n) is 11.5. The highest BCUT2D eigenvalue weighted by Gasteiger charge is 2.37. The first-order chi connectivity index (χ1) is 19.5. The molecule has 0 unspecified atom stereocenters. The fourth-order valence-electron chi connectivity index (χ4n) is 4.72. The van der Waals surface area contributed by atoms with E-state index >= 15 is 0 Å². The number of anilines is 2. The van der Waals surface area contributed by atoms with Gasteiger partial charge in [-0.1, -0.05) is 0 Å². The molecular formula is C27H30N6O8S. The van der Waals surface area contributed by atoms with Crippen LogP contribution >= 0.6 is 0 Å². The van der Waals surface area contributed by atoms with E-state index in [9.17, 15) is 32.9 Å². The molecule has 0 N–H and O–H groups in total. The number of hydrogen-bond donors (Lipinski definition) is 0. The predicted molar refractivity (Wildman–Crippen MR) is 151 cm³/mol. The number of imide groups is 1. The summed E-state index contributed by atoms with van der Waals surface area (Å²) in [6, 6.07) is 4.76. The molecule has 222 valence electrons. The number of carbonyl (C=O) groups excluding carboxylic acids is 3. The largest absolute Gasteiger partial charge is 0.443 e. The Morgan fingerprint density at radius 2 is 1.88 bits per heavy atom. The molecule has 1 aliphatic heterocycles. The van der Waals surface area contributed by atoms with Crippen molar-refractivity contribution in [3.05, 3.63) is 58.0 Å². The van der Waals surface area contributed by atoms with E-state index in [-0.39, 0.29) is 24.7 Å². The van der Waals surface area contributed by atoms with Crippen molar-refractivity contribution in [3.8, 4) is 0 Å². The molecule has 42 heavy (non-hydrogen) atoms. The van der Waals surface area contributed by atoms with Gasteiger partial charge in [-0.15, -0.1) is 0 Å². The summed E-state index contributed by atoms with van der Waals surface area (Å²) in [6.07, 6.45) is 5.58. The number of urea groups is 1. The van der Waals surface area contributed by atoms with Gasteiger partial charge in [-0.05, 0) is 63.3 Å². The van der Waals surface area contributed by atoms with Crippen LogP contribution in [0, 0.1) is 10.1 Å². The fraction of sp³-hybridized carbons (Fsp3) is 0.407. The first-order valence-corrected chi connectivity index (χ1v) is 15.0. The average molecular weight is 599 g/mol. The van der Waals surface area contributed by atoms with Gasteiger partial charge in [0.05, 0.1) is 28.5 Å². The number of benzene rings is 1. The van der Waals surface area contributed by atoms with Crippen LogP contribution in [0.15, 0.2) is 41.6 Å². The molecule has 2 fully saturated rings. The molecule has 1 aromatic carbocycles. The zero-order chi connectivity index (χ0) is 30.7. The van der Waals surface area contributed by atoms with Crippen molar-refractivity contribution in [1.82, 2.24) is 14.3 Å². The Morgan fingerprint density at radius 3 is 2.43 bits per heavy atom. The van der Waals surface area contributed by atoms with Crippen LogP contribution in [0.2, 0.25) is 0 Å². The highest BCUT2D eigenvalue weighted by Crippen LogP contribution is 2.42. The fourth-order valence-corrected chi connectivity index (χ4v) is 5.55. The van der Waals surface area contributed by atoms with Gasteiger partial charge in [-0.25, -0.2) is 23.0 Å². The zero-order valence-corrected chi connectivity index (χ0v) is 24.5. The number of likely N-dealkylation sites (N-methyl/N-ethyl adjacent to an activating group) is 1. The quantitative estimate of drug-likeness (QED) is 0.223. The topological polar surface area (TPSA) is 165 Å². The van der Waals surface area contributed by atoms with Crippen LogP contribution in [0.1, 0.15) is 50.8 Å². The summed E-state index contributed by atoms with van der Waals surface area (Å²) in [6.45, 7) is 4.67. The van der Waals surface area contributed by atoms with Crippen molar-refractivity contribution in [2.24, 2.45) is 0 Å². The number of fused-ring (bicyclic) bond motifs is 1. The molecule has 0 spiro atoms. The van der Waals surface area contributed by atoms with Crippen LogP contribution in [0.3, 0.4) is 0 Å². The summed E-state index contributed by atoms with van der Waals surface area (Å²) >= 11 is 0. The molecule has 2 aliphatic rings. The van der Waals surface area contributed by atoms with E-state index in [4.69, 9.17) is 4.74 Å². The number of hydrogen-bond acceptors (Lipinski definition) is 9. The predicted octanol–water partition coefficient (Wildman–Crippen LogP) is 3.86. The number of amides is 4. The molecule has 3 heterocycles. The molecule has 14 nitrogen and oxygen atoms in total. The number of pyridine rings is 1. The lowest BCUT2D eigenvalue weighted by Crippen LogP contribution is -2.36. The Hall–Kier alpha value is -4.53. The molecule has 1 saturated heterocycles. The summed E-state index contributed by atoms with van der Waals surface area (Å²) in [5.41, 5.74) is 0.605. The molecule has 2 aromatic heterocycles. The van der Waals surface area contributed by atoms with Crippen molar-refractivity contribution in [2.45, 2.75) is 56.6 Å². The Morgan fingerprint density at radius 1 is 1.19 bits per heavy atom. The highest BCUT2D eigenvalue weighted by molar-refractivity contribution is 7.90. The van der Waals surface area contributed by atoms with Crippen LogP contribution < -0.4 is 9.80 Å². The molecule has 0 bridgehead atoms. The molecule has 0 radical (unpaired) electrons. The standard InChI is InChI=1S/C27H30N6O8S/c1-27(2,3)41-26(36)31(19-8-9-22(42(5,39)40)20(11-19)33(37)38)14-18-13-30-12-17(16-6-7-16)10-21(24(30)28-18)32-15-23(34)29(4)25(32)35/h8-13,16H,6-7,14-15H2,1-5H3. The maximum Gasteiger partial charge on any atom is 0.415 e. The van der Waals surface area contributed by atoms with E-state index in [1.165, 1.54) is 18.0 Å². The van der Waals surface area contributed by atoms with Gasteiger partial charge in [0, 0.05) is 31.8 Å². The lowest BCUT2D eigenvalue weighted by Gasteiger charge is -2.27. The molecule has 1 saturated carbocycles. The van der Waals surface area contributed by atoms with Crippen molar-refractivity contribution < 1.29 is 32.5 Å². The third kappa shape index (κ3) is 5.64. The summed E-state index contributed by atoms with van der Waals surface area (Å²) in [7, 11) is -2.52. The Balaban J connectivity index is 1.60. The SMILES string of the molecule is CN1C(=O)CN(c2cc(C3CC3)cn3cc(CN(C(=O)OC(C)(C)C)c4ccc(S(C)(=O)=O)c([N+](=O)[O-])c4)nc23)C1=O. The molecule has 15 heteroatoms. The second-order valence-corrected chi connectivity index (χ2v) is 13.4. The third-order valence-electron chi connectivity index (χ3n) is 6.91. The molecular weight excluding hydrogens is 568 g/mol. The lowest BCUT2D eigenvalue weighted by atomic mass is 10.1. The number of ether oxygens (including phenoxy) is 1. The van der Waals surface area contributed by atoms with Gasteiger partial charge < -0.3 is 9.14 Å². The second kappa shape index (κ2) is 10.1. The van der Waals surface area contributed by atoms with Gasteiger partial charge in [0.15, 0.2) is 15.5 Å². The van der Waals surface area contributed by atoms with Crippen LogP contribution in [-0.4, -0.2) is 71.1 Å². The molecule has 5 rings (SSSR count). The van der Waals surface area contributed by atoms with Gasteiger partial charge in [0.1, 0.15) is 17.0 Å². The number of aromatic nitrogens is 2. The Kier molecular flexibility index (Phi) is 6.95. The van der Waals surface area contributed by atoms with Gasteiger partial charge >= 0.3 is 12.1 Å². The number of sulfone groups is 1. The average Bonchev–Trinajstić information content (AvgIpc) is 3.61. The van der Waals surface area contributed by atoms with E-state index < -0.39 is 43.1 Å². The van der Waals surface area contributed by atoms with E-state index in [0.29, 0.717) is 22.9 Å². The number of nitro benzene ring substituents is 1. The monoisotopic (exact) mass is 598 g/mol. The number of carbonyl (C=O) groups is 3. The summed E-state index contributed by atoms with van der Waals surface area (Å²) < 4.78 is 31.6. The van der Waals surface area contributed by atoms with Crippen molar-refractivity contribution in [3.63, 3.8) is 0 Å². The first-order valence-electron chi connectivity index (χ1n) is 13.1. The summed E-state index contributed by atoms with van der Waals surface area (Å²) in [4.78, 5) is 57.2. The third-order valence-corrected chi connectivity index (χ3v) is 8.06. The van der Waals surface area contributed by atoms with Gasteiger partial charge in [-0.3, -0.25) is 29.6 Å². The van der Waals surface area contributed by atoms with Crippen LogP contribution in [0.25, 0.3) is 5.65 Å². The van der Waals surface area contributed by atoms with Crippen LogP contribution in [0.4, 0.5) is 26.7 Å². The normalized spacial score (nSPS) is 15.9. The van der Waals surface area contributed by atoms with E-state index in [2.05, 4.69) is 4.98 Å². The van der Waals surface area contributed by atoms with Crippen molar-refractivity contribution >= 4 is 50.6 Å². The van der Waals surface area contributed by atoms with Crippen molar-refractivity contribution in [2.75, 3.05) is 29.6 Å². The summed E-state index contributed by atoms with van der Waals surface area (Å²) in [5, 5.41) is 11.8. The highest BCUT2D eigenvalue weighted by atomic mass is 32.2. The number of nitrogens with zero attached hydrogens (tertiary/aromatic N) is 6. The van der Waals surface area contributed by atoms with Gasteiger partial charge in [-0.2, -0.15) is 0 Å². The number of imidazole rings is 1. The number of nitro groups is 1. The molecule has 4 amide bonds. The minimum atomic E-state index is -3.93. The zero-order valence-electron chi connectivity index (χ0n) is 23.7. The van der Waals surface area contributed by atoms with E-state index in [1.54, 1.807) is 31.4 Å². The summed E-state index contributed by atoms with van der Waals surface area (Å²) in [5.74, 6) is -0.0331. The molecule has 0 atom stereocenters. The first kappa shape index (κ1) is 29.0. The lowest BCUT2D eigenvalue weighted by molar-refractivity contribution is -0.387. The Bertz CT molecular complexity index is 1760. The smallest absolute Gasteiger partial charge is 0.415 e. The van der Waals surface area contributed by atoms with Gasteiger partial charge in [0.2, 0.25) is 5.91 Å². The van der Waals surface area contributed by atoms with E-state index in [1.807, 2.05) is 12.3 Å². The minimum absolute atomic E-state index is 0.0289. The van der Waals surface area contributed by atoms with Crippen LogP contribution in [-0.2, 0) is 25.9 Å². The Labute approximate surface area is 241 Å². The number of rotatable bonds is 7. The maximum absolute atomic E-state index is 13.4. The van der Waals surface area contributed by atoms with Gasteiger partial charge in [0.25, 0.3) is 5.69 Å². The minimum Gasteiger partial charge on any atom is -0.443 e. The van der Waals surface area contributed by atoms with Crippen LogP contribution in [0.5, 0.6) is 0 Å². The molecule has 3 aromatic rings. The maximum atomic E-state index is 13.4. The molecule has 1 aliphatic carbocycles.